The lowest BCUT2D eigenvalue weighted by Gasteiger charge is -2.27. The van der Waals surface area contributed by atoms with E-state index in [9.17, 15) is 9.59 Å². The quantitative estimate of drug-likeness (QED) is 0.763. The van der Waals surface area contributed by atoms with Gasteiger partial charge in [0.25, 0.3) is 0 Å². The minimum Gasteiger partial charge on any atom is -0.488 e. The molecule has 0 bridgehead atoms. The number of hydrogen-bond donors (Lipinski definition) is 3. The van der Waals surface area contributed by atoms with Crippen LogP contribution in [0.3, 0.4) is 0 Å². The monoisotopic (exact) mass is 362 g/mol. The first-order valence-corrected chi connectivity index (χ1v) is 9.05. The lowest BCUT2D eigenvalue weighted by Crippen LogP contribution is -2.41. The zero-order valence-corrected chi connectivity index (χ0v) is 16.3. The van der Waals surface area contributed by atoms with Crippen LogP contribution in [0.25, 0.3) is 0 Å². The third kappa shape index (κ3) is 5.36. The van der Waals surface area contributed by atoms with Gasteiger partial charge in [0.1, 0.15) is 11.9 Å². The van der Waals surface area contributed by atoms with E-state index in [-0.39, 0.29) is 36.4 Å². The van der Waals surface area contributed by atoms with E-state index in [0.29, 0.717) is 24.5 Å². The Bertz CT molecular complexity index is 648. The largest absolute Gasteiger partial charge is 0.488 e. The van der Waals surface area contributed by atoms with Crippen LogP contribution in [0.2, 0.25) is 0 Å². The zero-order chi connectivity index (χ0) is 19.3. The number of amides is 3. The number of fused-ring (bicyclic) bond motifs is 1. The molecule has 1 aromatic carbocycles. The van der Waals surface area contributed by atoms with Gasteiger partial charge in [-0.25, -0.2) is 4.79 Å². The maximum absolute atomic E-state index is 12.5. The van der Waals surface area contributed by atoms with Crippen LogP contribution >= 0.6 is 0 Å². The van der Waals surface area contributed by atoms with E-state index in [0.717, 1.165) is 5.56 Å². The van der Waals surface area contributed by atoms with Crippen molar-refractivity contribution in [1.82, 2.24) is 15.5 Å². The van der Waals surface area contributed by atoms with Crippen molar-refractivity contribution >= 4 is 17.6 Å². The number of ether oxygens (including phenoxy) is 1. The van der Waals surface area contributed by atoms with Crippen LogP contribution in [0, 0.1) is 5.92 Å². The molecule has 2 atom stereocenters. The summed E-state index contributed by atoms with van der Waals surface area (Å²) in [7, 11) is 3.71. The standard InChI is InChI=1S/C19H30N4O3/c1-12(2)21-19(25)22-15-6-7-16-14(8-15)9-18(24)23(5)11-13(3)17(26-16)10-20-4/h6-8,12-13,17,20H,9-11H2,1-5H3,(H2,21,22,25)/t13-,17-/m1/s1. The number of carbonyl (C=O) groups is 2. The highest BCUT2D eigenvalue weighted by Crippen LogP contribution is 2.28. The molecule has 3 N–H and O–H groups in total. The first kappa shape index (κ1) is 20.0. The molecule has 0 fully saturated rings. The summed E-state index contributed by atoms with van der Waals surface area (Å²) in [5, 5.41) is 8.74. The van der Waals surface area contributed by atoms with Gasteiger partial charge in [-0.2, -0.15) is 0 Å². The third-order valence-electron chi connectivity index (χ3n) is 4.39. The van der Waals surface area contributed by atoms with Crippen molar-refractivity contribution < 1.29 is 14.3 Å². The molecule has 1 aromatic rings. The molecule has 1 aliphatic heterocycles. The Balaban J connectivity index is 2.28. The van der Waals surface area contributed by atoms with Gasteiger partial charge in [-0.1, -0.05) is 6.92 Å². The Morgan fingerprint density at radius 2 is 2.12 bits per heavy atom. The second-order valence-corrected chi connectivity index (χ2v) is 7.22. The summed E-state index contributed by atoms with van der Waals surface area (Å²) in [6.45, 7) is 7.22. The second kappa shape index (κ2) is 8.89. The maximum atomic E-state index is 12.5. The molecule has 1 aliphatic rings. The van der Waals surface area contributed by atoms with Crippen molar-refractivity contribution in [2.24, 2.45) is 5.92 Å². The van der Waals surface area contributed by atoms with Crippen molar-refractivity contribution in [3.8, 4) is 5.75 Å². The third-order valence-corrected chi connectivity index (χ3v) is 4.39. The van der Waals surface area contributed by atoms with Crippen molar-refractivity contribution in [3.63, 3.8) is 0 Å². The fourth-order valence-corrected chi connectivity index (χ4v) is 3.01. The molecule has 7 heteroatoms. The number of nitrogens with zero attached hydrogens (tertiary/aromatic N) is 1. The van der Waals surface area contributed by atoms with E-state index in [2.05, 4.69) is 22.9 Å². The molecule has 0 radical (unpaired) electrons. The Morgan fingerprint density at radius 3 is 2.77 bits per heavy atom. The average molecular weight is 362 g/mol. The lowest BCUT2D eigenvalue weighted by molar-refractivity contribution is -0.129. The van der Waals surface area contributed by atoms with Gasteiger partial charge in [0, 0.05) is 43.3 Å². The number of hydrogen-bond acceptors (Lipinski definition) is 4. The van der Waals surface area contributed by atoms with Gasteiger partial charge in [-0.05, 0) is 39.1 Å². The van der Waals surface area contributed by atoms with E-state index in [1.807, 2.05) is 40.1 Å². The summed E-state index contributed by atoms with van der Waals surface area (Å²) >= 11 is 0. The number of urea groups is 1. The Hall–Kier alpha value is -2.28. The predicted molar refractivity (Wildman–Crippen MR) is 103 cm³/mol. The zero-order valence-electron chi connectivity index (χ0n) is 16.3. The van der Waals surface area contributed by atoms with Crippen LogP contribution in [0.15, 0.2) is 18.2 Å². The number of likely N-dealkylation sites (N-methyl/N-ethyl adjacent to an activating group) is 2. The number of nitrogens with one attached hydrogen (secondary N) is 3. The molecule has 2 rings (SSSR count). The normalized spacial score (nSPS) is 20.5. The average Bonchev–Trinajstić information content (AvgIpc) is 2.58. The van der Waals surface area contributed by atoms with E-state index in [1.165, 1.54) is 0 Å². The molecule has 1 heterocycles. The van der Waals surface area contributed by atoms with Crippen LogP contribution in [0.1, 0.15) is 26.3 Å². The molecule has 0 unspecified atom stereocenters. The van der Waals surface area contributed by atoms with E-state index >= 15 is 0 Å². The summed E-state index contributed by atoms with van der Waals surface area (Å²) in [4.78, 5) is 26.2. The molecule has 0 spiro atoms. The molecule has 7 nitrogen and oxygen atoms in total. The van der Waals surface area contributed by atoms with Gasteiger partial charge in [0.2, 0.25) is 5.91 Å². The van der Waals surface area contributed by atoms with Gasteiger partial charge in [-0.15, -0.1) is 0 Å². The topological polar surface area (TPSA) is 82.7 Å². The van der Waals surface area contributed by atoms with Gasteiger partial charge in [0.15, 0.2) is 0 Å². The van der Waals surface area contributed by atoms with Crippen molar-refractivity contribution in [2.75, 3.05) is 32.5 Å². The molecule has 144 valence electrons. The Labute approximate surface area is 155 Å². The van der Waals surface area contributed by atoms with Gasteiger partial charge in [-0.3, -0.25) is 4.79 Å². The molecule has 0 saturated carbocycles. The van der Waals surface area contributed by atoms with Crippen LogP contribution in [0.4, 0.5) is 10.5 Å². The van der Waals surface area contributed by atoms with Crippen molar-refractivity contribution in [1.29, 1.82) is 0 Å². The lowest BCUT2D eigenvalue weighted by atomic mass is 10.0. The number of carbonyl (C=O) groups excluding carboxylic acids is 2. The van der Waals surface area contributed by atoms with Crippen LogP contribution in [0.5, 0.6) is 5.75 Å². The van der Waals surface area contributed by atoms with E-state index < -0.39 is 0 Å². The molecule has 26 heavy (non-hydrogen) atoms. The molecule has 0 aliphatic carbocycles. The fraction of sp³-hybridized carbons (Fsp3) is 0.579. The highest BCUT2D eigenvalue weighted by atomic mass is 16.5. The predicted octanol–water partition coefficient (Wildman–Crippen LogP) is 1.83. The summed E-state index contributed by atoms with van der Waals surface area (Å²) in [5.41, 5.74) is 1.41. The first-order valence-electron chi connectivity index (χ1n) is 9.05. The molecule has 0 saturated heterocycles. The summed E-state index contributed by atoms with van der Waals surface area (Å²) < 4.78 is 6.22. The number of benzene rings is 1. The number of rotatable bonds is 4. The summed E-state index contributed by atoms with van der Waals surface area (Å²) in [5.74, 6) is 0.920. The minimum absolute atomic E-state index is 0.0376. The van der Waals surface area contributed by atoms with Crippen molar-refractivity contribution in [2.45, 2.75) is 39.3 Å². The molecular formula is C19H30N4O3. The Kier molecular flexibility index (Phi) is 6.85. The summed E-state index contributed by atoms with van der Waals surface area (Å²) in [6.07, 6.45) is 0.196. The Morgan fingerprint density at radius 1 is 1.38 bits per heavy atom. The van der Waals surface area contributed by atoms with E-state index in [1.54, 1.807) is 11.0 Å². The molecular weight excluding hydrogens is 332 g/mol. The van der Waals surface area contributed by atoms with Crippen LogP contribution < -0.4 is 20.7 Å². The molecule has 3 amide bonds. The summed E-state index contributed by atoms with van der Waals surface area (Å²) in [6, 6.07) is 5.22. The van der Waals surface area contributed by atoms with Crippen LogP contribution in [-0.2, 0) is 11.2 Å². The van der Waals surface area contributed by atoms with E-state index in [4.69, 9.17) is 4.74 Å². The minimum atomic E-state index is -0.269. The molecule has 0 aromatic heterocycles. The van der Waals surface area contributed by atoms with Crippen LogP contribution in [-0.4, -0.2) is 56.2 Å². The van der Waals surface area contributed by atoms with Crippen molar-refractivity contribution in [3.05, 3.63) is 23.8 Å². The van der Waals surface area contributed by atoms with Gasteiger partial charge >= 0.3 is 6.03 Å². The highest BCUT2D eigenvalue weighted by molar-refractivity contribution is 5.90. The fourth-order valence-electron chi connectivity index (χ4n) is 3.01. The SMILES string of the molecule is CNC[C@H]1Oc2ccc(NC(=O)NC(C)C)cc2CC(=O)N(C)C[C@H]1C. The second-order valence-electron chi connectivity index (χ2n) is 7.22. The highest BCUT2D eigenvalue weighted by Gasteiger charge is 2.26. The smallest absolute Gasteiger partial charge is 0.319 e. The van der Waals surface area contributed by atoms with Gasteiger partial charge < -0.3 is 25.6 Å². The van der Waals surface area contributed by atoms with Gasteiger partial charge in [0.05, 0.1) is 6.42 Å². The number of anilines is 1. The maximum Gasteiger partial charge on any atom is 0.319 e. The first-order chi connectivity index (χ1) is 12.3.